The summed E-state index contributed by atoms with van der Waals surface area (Å²) in [4.78, 5) is 26.0. The van der Waals surface area contributed by atoms with Crippen LogP contribution in [0, 0.1) is 0 Å². The quantitative estimate of drug-likeness (QED) is 0.735. The number of carbonyl (C=O) groups is 2. The van der Waals surface area contributed by atoms with Crippen molar-refractivity contribution < 1.29 is 14.3 Å². The van der Waals surface area contributed by atoms with Gasteiger partial charge in [-0.1, -0.05) is 35.3 Å². The summed E-state index contributed by atoms with van der Waals surface area (Å²) in [6, 6.07) is 11.7. The Morgan fingerprint density at radius 3 is 2.38 bits per heavy atom. The van der Waals surface area contributed by atoms with Crippen molar-refractivity contribution in [2.24, 2.45) is 0 Å². The van der Waals surface area contributed by atoms with Crippen LogP contribution < -0.4 is 0 Å². The highest BCUT2D eigenvalue weighted by Gasteiger charge is 2.17. The number of amides is 1. The molecule has 0 saturated carbocycles. The first kappa shape index (κ1) is 18.3. The van der Waals surface area contributed by atoms with Gasteiger partial charge in [-0.2, -0.15) is 0 Å². The Morgan fingerprint density at radius 2 is 1.75 bits per heavy atom. The second-order valence-corrected chi connectivity index (χ2v) is 5.95. The van der Waals surface area contributed by atoms with E-state index < -0.39 is 5.97 Å². The molecule has 1 amide bonds. The van der Waals surface area contributed by atoms with Gasteiger partial charge in [0, 0.05) is 18.7 Å². The average molecular weight is 366 g/mol. The first-order valence-electron chi connectivity index (χ1n) is 7.37. The minimum atomic E-state index is -0.475. The SMILES string of the molecule is CCN(Cc1ccc(Cl)c(Cl)c1)C(=O)c1cccc(C(=O)OC)c1. The fourth-order valence-electron chi connectivity index (χ4n) is 2.27. The van der Waals surface area contributed by atoms with Crippen molar-refractivity contribution in [3.8, 4) is 0 Å². The lowest BCUT2D eigenvalue weighted by Crippen LogP contribution is -2.30. The second kappa shape index (κ2) is 8.18. The topological polar surface area (TPSA) is 46.6 Å². The van der Waals surface area contributed by atoms with Crippen LogP contribution >= 0.6 is 23.2 Å². The molecule has 2 rings (SSSR count). The maximum Gasteiger partial charge on any atom is 0.337 e. The molecule has 0 spiro atoms. The molecule has 0 aliphatic carbocycles. The molecule has 0 N–H and O–H groups in total. The van der Waals surface area contributed by atoms with Crippen molar-refractivity contribution in [1.82, 2.24) is 4.90 Å². The van der Waals surface area contributed by atoms with Gasteiger partial charge in [0.1, 0.15) is 0 Å². The lowest BCUT2D eigenvalue weighted by Gasteiger charge is -2.21. The molecule has 2 aromatic rings. The number of esters is 1. The highest BCUT2D eigenvalue weighted by atomic mass is 35.5. The standard InChI is InChI=1S/C18H17Cl2NO3/c1-3-21(11-12-7-8-15(19)16(20)9-12)17(22)13-5-4-6-14(10-13)18(23)24-2/h4-10H,3,11H2,1-2H3. The van der Waals surface area contributed by atoms with E-state index in [0.29, 0.717) is 34.3 Å². The maximum atomic E-state index is 12.7. The first-order chi connectivity index (χ1) is 11.5. The van der Waals surface area contributed by atoms with Crippen LogP contribution in [0.1, 0.15) is 33.2 Å². The predicted octanol–water partition coefficient (Wildman–Crippen LogP) is 4.44. The Balaban J connectivity index is 2.22. The molecule has 0 bridgehead atoms. The molecule has 0 fully saturated rings. The van der Waals surface area contributed by atoms with Gasteiger partial charge < -0.3 is 9.64 Å². The normalized spacial score (nSPS) is 10.3. The van der Waals surface area contributed by atoms with Crippen molar-refractivity contribution in [3.63, 3.8) is 0 Å². The minimum Gasteiger partial charge on any atom is -0.465 e. The van der Waals surface area contributed by atoms with E-state index in [2.05, 4.69) is 4.74 Å². The van der Waals surface area contributed by atoms with Gasteiger partial charge in [0.15, 0.2) is 0 Å². The zero-order valence-electron chi connectivity index (χ0n) is 13.4. The van der Waals surface area contributed by atoms with E-state index in [1.807, 2.05) is 13.0 Å². The largest absolute Gasteiger partial charge is 0.465 e. The van der Waals surface area contributed by atoms with Crippen LogP contribution in [0.25, 0.3) is 0 Å². The van der Waals surface area contributed by atoms with E-state index in [1.165, 1.54) is 13.2 Å². The third-order valence-electron chi connectivity index (χ3n) is 3.56. The van der Waals surface area contributed by atoms with Crippen molar-refractivity contribution in [2.45, 2.75) is 13.5 Å². The molecule has 0 saturated heterocycles. The van der Waals surface area contributed by atoms with Crippen LogP contribution in [0.5, 0.6) is 0 Å². The Bertz CT molecular complexity index is 762. The van der Waals surface area contributed by atoms with E-state index in [-0.39, 0.29) is 5.91 Å². The fourth-order valence-corrected chi connectivity index (χ4v) is 2.59. The summed E-state index contributed by atoms with van der Waals surface area (Å²) in [5.41, 5.74) is 1.65. The molecule has 0 atom stereocenters. The molecule has 0 radical (unpaired) electrons. The number of halogens is 2. The Morgan fingerprint density at radius 1 is 1.04 bits per heavy atom. The molecule has 24 heavy (non-hydrogen) atoms. The number of nitrogens with zero attached hydrogens (tertiary/aromatic N) is 1. The van der Waals surface area contributed by atoms with E-state index in [0.717, 1.165) is 5.56 Å². The maximum absolute atomic E-state index is 12.7. The summed E-state index contributed by atoms with van der Waals surface area (Å²) >= 11 is 11.9. The van der Waals surface area contributed by atoms with E-state index >= 15 is 0 Å². The molecule has 126 valence electrons. The zero-order valence-corrected chi connectivity index (χ0v) is 14.9. The summed E-state index contributed by atoms with van der Waals surface area (Å²) in [5.74, 6) is -0.647. The monoisotopic (exact) mass is 365 g/mol. The number of ether oxygens (including phenoxy) is 1. The van der Waals surface area contributed by atoms with Gasteiger partial charge in [-0.25, -0.2) is 4.79 Å². The van der Waals surface area contributed by atoms with Crippen LogP contribution in [0.2, 0.25) is 10.0 Å². The molecule has 0 heterocycles. The lowest BCUT2D eigenvalue weighted by molar-refractivity contribution is 0.0600. The van der Waals surface area contributed by atoms with Gasteiger partial charge in [-0.3, -0.25) is 4.79 Å². The molecular formula is C18H17Cl2NO3. The Hall–Kier alpha value is -2.04. The smallest absolute Gasteiger partial charge is 0.337 e. The van der Waals surface area contributed by atoms with Crippen LogP contribution in [-0.4, -0.2) is 30.4 Å². The van der Waals surface area contributed by atoms with Crippen molar-refractivity contribution in [3.05, 3.63) is 69.2 Å². The predicted molar refractivity (Wildman–Crippen MR) is 94.7 cm³/mol. The van der Waals surface area contributed by atoms with Crippen molar-refractivity contribution >= 4 is 35.1 Å². The number of benzene rings is 2. The summed E-state index contributed by atoms with van der Waals surface area (Å²) in [6.07, 6.45) is 0. The van der Waals surface area contributed by atoms with E-state index in [4.69, 9.17) is 23.2 Å². The average Bonchev–Trinajstić information content (AvgIpc) is 2.61. The number of carbonyl (C=O) groups excluding carboxylic acids is 2. The van der Waals surface area contributed by atoms with E-state index in [1.54, 1.807) is 35.2 Å². The third kappa shape index (κ3) is 4.28. The molecule has 6 heteroatoms. The molecule has 0 unspecified atom stereocenters. The zero-order chi connectivity index (χ0) is 17.7. The fraction of sp³-hybridized carbons (Fsp3) is 0.222. The van der Waals surface area contributed by atoms with Crippen LogP contribution in [-0.2, 0) is 11.3 Å². The van der Waals surface area contributed by atoms with Crippen LogP contribution in [0.15, 0.2) is 42.5 Å². The van der Waals surface area contributed by atoms with Gasteiger partial charge in [-0.05, 0) is 42.8 Å². The number of methoxy groups -OCH3 is 1. The minimum absolute atomic E-state index is 0.172. The second-order valence-electron chi connectivity index (χ2n) is 5.14. The highest BCUT2D eigenvalue weighted by molar-refractivity contribution is 6.42. The van der Waals surface area contributed by atoms with Gasteiger partial charge >= 0.3 is 5.97 Å². The molecule has 0 aromatic heterocycles. The summed E-state index contributed by atoms with van der Waals surface area (Å²) in [5, 5.41) is 0.922. The number of hydrogen-bond acceptors (Lipinski definition) is 3. The molecule has 2 aromatic carbocycles. The molecule has 4 nitrogen and oxygen atoms in total. The van der Waals surface area contributed by atoms with Crippen LogP contribution in [0.4, 0.5) is 0 Å². The first-order valence-corrected chi connectivity index (χ1v) is 8.13. The van der Waals surface area contributed by atoms with Gasteiger partial charge in [0.2, 0.25) is 0 Å². The number of hydrogen-bond donors (Lipinski definition) is 0. The summed E-state index contributed by atoms with van der Waals surface area (Å²) in [6.45, 7) is 2.80. The molecule has 0 aliphatic heterocycles. The molecular weight excluding hydrogens is 349 g/mol. The highest BCUT2D eigenvalue weighted by Crippen LogP contribution is 2.23. The number of rotatable bonds is 5. The van der Waals surface area contributed by atoms with Gasteiger partial charge in [0.25, 0.3) is 5.91 Å². The third-order valence-corrected chi connectivity index (χ3v) is 4.30. The summed E-state index contributed by atoms with van der Waals surface area (Å²) in [7, 11) is 1.31. The lowest BCUT2D eigenvalue weighted by atomic mass is 10.1. The van der Waals surface area contributed by atoms with Crippen LogP contribution in [0.3, 0.4) is 0 Å². The van der Waals surface area contributed by atoms with Gasteiger partial charge in [0.05, 0.1) is 22.7 Å². The van der Waals surface area contributed by atoms with Gasteiger partial charge in [-0.15, -0.1) is 0 Å². The van der Waals surface area contributed by atoms with Crippen molar-refractivity contribution in [1.29, 1.82) is 0 Å². The van der Waals surface area contributed by atoms with Crippen molar-refractivity contribution in [2.75, 3.05) is 13.7 Å². The van der Waals surface area contributed by atoms with E-state index in [9.17, 15) is 9.59 Å². The molecule has 0 aliphatic rings. The summed E-state index contributed by atoms with van der Waals surface area (Å²) < 4.78 is 4.69. The Kier molecular flexibility index (Phi) is 6.23. The Labute approximate surface area is 150 Å².